The molecule has 1 aromatic heterocycles. The molecular weight excluding hydrogens is 204 g/mol. The number of aryl methyl sites for hydroxylation is 1. The van der Waals surface area contributed by atoms with Gasteiger partial charge >= 0.3 is 0 Å². The van der Waals surface area contributed by atoms with Gasteiger partial charge in [-0.15, -0.1) is 5.10 Å². The quantitative estimate of drug-likeness (QED) is 0.781. The Morgan fingerprint density at radius 1 is 1.56 bits per heavy atom. The molecule has 0 saturated carbocycles. The van der Waals surface area contributed by atoms with Crippen LogP contribution in [0, 0.1) is 11.3 Å². The zero-order valence-corrected chi connectivity index (χ0v) is 9.85. The summed E-state index contributed by atoms with van der Waals surface area (Å²) in [6.07, 6.45) is 2.51. The number of aliphatic hydroxyl groups excluding tert-OH is 1. The van der Waals surface area contributed by atoms with E-state index in [0.29, 0.717) is 19.4 Å². The fourth-order valence-corrected chi connectivity index (χ4v) is 1.58. The van der Waals surface area contributed by atoms with Crippen LogP contribution in [0.5, 0.6) is 0 Å². The van der Waals surface area contributed by atoms with Crippen molar-refractivity contribution < 1.29 is 5.11 Å². The smallest absolute Gasteiger partial charge is 0.0999 e. The molecule has 1 heterocycles. The van der Waals surface area contributed by atoms with E-state index in [-0.39, 0.29) is 6.10 Å². The standard InChI is InChI=1S/C11H18N4O/c1-3-4-11-10(5-7-12)13-14-15(11)8-6-9(2)16/h9,16H,3-6,8H2,1-2H3. The van der Waals surface area contributed by atoms with E-state index >= 15 is 0 Å². The Labute approximate surface area is 95.7 Å². The molecule has 0 aromatic carbocycles. The van der Waals surface area contributed by atoms with E-state index in [0.717, 1.165) is 24.2 Å². The van der Waals surface area contributed by atoms with Crippen molar-refractivity contribution in [2.75, 3.05) is 0 Å². The van der Waals surface area contributed by atoms with E-state index in [9.17, 15) is 5.11 Å². The summed E-state index contributed by atoms with van der Waals surface area (Å²) in [5.74, 6) is 0. The van der Waals surface area contributed by atoms with Crippen molar-refractivity contribution in [2.24, 2.45) is 0 Å². The van der Waals surface area contributed by atoms with Gasteiger partial charge in [0, 0.05) is 6.54 Å². The number of nitriles is 1. The fraction of sp³-hybridized carbons (Fsp3) is 0.727. The molecule has 88 valence electrons. The highest BCUT2D eigenvalue weighted by Gasteiger charge is 2.11. The van der Waals surface area contributed by atoms with Crippen molar-refractivity contribution in [1.82, 2.24) is 15.0 Å². The minimum absolute atomic E-state index is 0.310. The summed E-state index contributed by atoms with van der Waals surface area (Å²) in [5.41, 5.74) is 1.81. The minimum Gasteiger partial charge on any atom is -0.393 e. The average Bonchev–Trinajstić information content (AvgIpc) is 2.60. The topological polar surface area (TPSA) is 74.7 Å². The molecule has 0 bridgehead atoms. The van der Waals surface area contributed by atoms with Crippen molar-refractivity contribution in [2.45, 2.75) is 52.2 Å². The lowest BCUT2D eigenvalue weighted by Gasteiger charge is -2.07. The molecule has 0 aliphatic rings. The van der Waals surface area contributed by atoms with Crippen LogP contribution < -0.4 is 0 Å². The lowest BCUT2D eigenvalue weighted by molar-refractivity contribution is 0.175. The normalized spacial score (nSPS) is 12.4. The molecule has 1 unspecified atom stereocenters. The highest BCUT2D eigenvalue weighted by Crippen LogP contribution is 2.10. The molecule has 1 N–H and O–H groups in total. The highest BCUT2D eigenvalue weighted by molar-refractivity contribution is 5.14. The Morgan fingerprint density at radius 3 is 2.88 bits per heavy atom. The molecular formula is C11H18N4O. The van der Waals surface area contributed by atoms with Crippen LogP contribution in [0.1, 0.15) is 38.1 Å². The Hall–Kier alpha value is -1.41. The SMILES string of the molecule is CCCc1c(CC#N)nnn1CCC(C)O. The lowest BCUT2D eigenvalue weighted by atomic mass is 10.1. The molecule has 0 aliphatic carbocycles. The molecule has 1 atom stereocenters. The zero-order chi connectivity index (χ0) is 12.0. The second-order valence-corrected chi connectivity index (χ2v) is 3.93. The van der Waals surface area contributed by atoms with Crippen molar-refractivity contribution in [3.63, 3.8) is 0 Å². The summed E-state index contributed by atoms with van der Waals surface area (Å²) >= 11 is 0. The molecule has 0 amide bonds. The van der Waals surface area contributed by atoms with Gasteiger partial charge in [0.05, 0.1) is 30.0 Å². The van der Waals surface area contributed by atoms with Gasteiger partial charge in [-0.1, -0.05) is 18.6 Å². The number of nitrogens with zero attached hydrogens (tertiary/aromatic N) is 4. The zero-order valence-electron chi connectivity index (χ0n) is 9.85. The molecule has 0 spiro atoms. The van der Waals surface area contributed by atoms with Gasteiger partial charge in [0.2, 0.25) is 0 Å². The van der Waals surface area contributed by atoms with Gasteiger partial charge in [0.1, 0.15) is 0 Å². The first-order valence-corrected chi connectivity index (χ1v) is 5.65. The first kappa shape index (κ1) is 12.7. The number of hydrogen-bond donors (Lipinski definition) is 1. The molecule has 16 heavy (non-hydrogen) atoms. The Bertz CT molecular complexity index is 365. The molecule has 5 heteroatoms. The summed E-state index contributed by atoms with van der Waals surface area (Å²) in [6.45, 7) is 4.50. The molecule has 0 radical (unpaired) electrons. The molecule has 0 aliphatic heterocycles. The van der Waals surface area contributed by atoms with Gasteiger partial charge in [-0.2, -0.15) is 5.26 Å². The Balaban J connectivity index is 2.78. The summed E-state index contributed by atoms with van der Waals surface area (Å²) in [4.78, 5) is 0. The van der Waals surface area contributed by atoms with Crippen LogP contribution in [-0.2, 0) is 19.4 Å². The fourth-order valence-electron chi connectivity index (χ4n) is 1.58. The maximum absolute atomic E-state index is 9.23. The lowest BCUT2D eigenvalue weighted by Crippen LogP contribution is -2.11. The second-order valence-electron chi connectivity index (χ2n) is 3.93. The van der Waals surface area contributed by atoms with Gasteiger partial charge in [-0.05, 0) is 19.8 Å². The van der Waals surface area contributed by atoms with E-state index in [1.165, 1.54) is 0 Å². The van der Waals surface area contributed by atoms with Crippen LogP contribution in [0.15, 0.2) is 0 Å². The van der Waals surface area contributed by atoms with Crippen LogP contribution >= 0.6 is 0 Å². The third kappa shape index (κ3) is 3.31. The first-order chi connectivity index (χ1) is 7.69. The summed E-state index contributed by atoms with van der Waals surface area (Å²) in [7, 11) is 0. The van der Waals surface area contributed by atoms with E-state index in [4.69, 9.17) is 5.26 Å². The third-order valence-corrected chi connectivity index (χ3v) is 2.41. The number of rotatable bonds is 6. The largest absolute Gasteiger partial charge is 0.393 e. The predicted octanol–water partition coefficient (Wildman–Crippen LogP) is 1.07. The van der Waals surface area contributed by atoms with Gasteiger partial charge in [0.15, 0.2) is 0 Å². The van der Waals surface area contributed by atoms with Crippen LogP contribution in [-0.4, -0.2) is 26.2 Å². The van der Waals surface area contributed by atoms with Crippen LogP contribution in [0.25, 0.3) is 0 Å². The third-order valence-electron chi connectivity index (χ3n) is 2.41. The maximum Gasteiger partial charge on any atom is 0.0999 e. The Kier molecular flexibility index (Phi) is 4.93. The maximum atomic E-state index is 9.23. The van der Waals surface area contributed by atoms with Gasteiger partial charge in [-0.25, -0.2) is 4.68 Å². The number of aromatic nitrogens is 3. The van der Waals surface area contributed by atoms with E-state index in [1.807, 2.05) is 4.68 Å². The van der Waals surface area contributed by atoms with Crippen LogP contribution in [0.2, 0.25) is 0 Å². The first-order valence-electron chi connectivity index (χ1n) is 5.65. The monoisotopic (exact) mass is 222 g/mol. The van der Waals surface area contributed by atoms with E-state index < -0.39 is 0 Å². The van der Waals surface area contributed by atoms with Crippen molar-refractivity contribution >= 4 is 0 Å². The van der Waals surface area contributed by atoms with Gasteiger partial charge in [0.25, 0.3) is 0 Å². The summed E-state index contributed by atoms with van der Waals surface area (Å²) < 4.78 is 1.81. The van der Waals surface area contributed by atoms with Crippen LogP contribution in [0.3, 0.4) is 0 Å². The average molecular weight is 222 g/mol. The molecule has 1 rings (SSSR count). The number of aliphatic hydroxyl groups is 1. The molecule has 5 nitrogen and oxygen atoms in total. The van der Waals surface area contributed by atoms with Crippen LogP contribution in [0.4, 0.5) is 0 Å². The predicted molar refractivity (Wildman–Crippen MR) is 59.6 cm³/mol. The van der Waals surface area contributed by atoms with Gasteiger partial charge in [-0.3, -0.25) is 0 Å². The van der Waals surface area contributed by atoms with Crippen molar-refractivity contribution in [1.29, 1.82) is 5.26 Å². The molecule has 0 saturated heterocycles. The van der Waals surface area contributed by atoms with Gasteiger partial charge < -0.3 is 5.11 Å². The minimum atomic E-state index is -0.335. The second kappa shape index (κ2) is 6.23. The summed E-state index contributed by atoms with van der Waals surface area (Å²) in [6, 6.07) is 2.10. The molecule has 1 aromatic rings. The van der Waals surface area contributed by atoms with E-state index in [1.54, 1.807) is 6.92 Å². The summed E-state index contributed by atoms with van der Waals surface area (Å²) in [5, 5.41) is 25.9. The van der Waals surface area contributed by atoms with Crippen molar-refractivity contribution in [3.8, 4) is 6.07 Å². The Morgan fingerprint density at radius 2 is 2.31 bits per heavy atom. The number of hydrogen-bond acceptors (Lipinski definition) is 4. The molecule has 0 fully saturated rings. The van der Waals surface area contributed by atoms with Crippen molar-refractivity contribution in [3.05, 3.63) is 11.4 Å². The highest BCUT2D eigenvalue weighted by atomic mass is 16.3. The van der Waals surface area contributed by atoms with E-state index in [2.05, 4.69) is 23.3 Å².